The van der Waals surface area contributed by atoms with Crippen molar-refractivity contribution in [2.75, 3.05) is 13.7 Å². The number of carbonyl (C=O) groups excluding carboxylic acids is 4. The summed E-state index contributed by atoms with van der Waals surface area (Å²) in [5, 5.41) is 34.6. The molecule has 5 rings (SSSR count). The maximum absolute atomic E-state index is 13.5. The molecule has 3 N–H and O–H groups in total. The normalized spacial score (nSPS) is 46.6. The number of rotatable bonds is 4. The molecule has 0 amide bonds. The summed E-state index contributed by atoms with van der Waals surface area (Å²) in [6.45, 7) is 8.62. The molecular formula is C28H36O11. The number of ether oxygens (including phenoxy) is 4. The Labute approximate surface area is 226 Å². The van der Waals surface area contributed by atoms with Gasteiger partial charge in [-0.3, -0.25) is 4.79 Å². The van der Waals surface area contributed by atoms with E-state index < -0.39 is 88.4 Å². The molecule has 2 saturated heterocycles. The minimum Gasteiger partial charge on any atom is -0.467 e. The summed E-state index contributed by atoms with van der Waals surface area (Å²) < 4.78 is 22.6. The predicted octanol–water partition coefficient (Wildman–Crippen LogP) is 0.238. The number of hydrogen-bond donors (Lipinski definition) is 3. The van der Waals surface area contributed by atoms with Gasteiger partial charge in [0, 0.05) is 22.8 Å². The van der Waals surface area contributed by atoms with Gasteiger partial charge >= 0.3 is 17.9 Å². The monoisotopic (exact) mass is 548 g/mol. The molecule has 2 bridgehead atoms. The van der Waals surface area contributed by atoms with E-state index >= 15 is 0 Å². The molecule has 214 valence electrons. The van der Waals surface area contributed by atoms with Gasteiger partial charge in [0.05, 0.1) is 25.7 Å². The standard InChI is InChI=1S/C28H36O11/c1-11(2)12(3)8-17(30)39-19-21-27-10-37-28(21,25(35)36-6)23(33)18(31)20(27)26(5)14(9-16(27)38-24(19)34)13(4)7-15(29)22(26)32/h7-8,11,14,16,18-23,31-33H,9-10H2,1-6H3. The molecule has 3 aliphatic carbocycles. The zero-order valence-electron chi connectivity index (χ0n) is 22.9. The lowest BCUT2D eigenvalue weighted by Gasteiger charge is -2.67. The third kappa shape index (κ3) is 3.36. The molecule has 2 heterocycles. The number of ketones is 1. The molecule has 39 heavy (non-hydrogen) atoms. The second kappa shape index (κ2) is 8.95. The number of carbonyl (C=O) groups is 4. The van der Waals surface area contributed by atoms with Crippen molar-refractivity contribution in [2.24, 2.45) is 34.5 Å². The van der Waals surface area contributed by atoms with Crippen LogP contribution in [-0.4, -0.2) is 88.8 Å². The summed E-state index contributed by atoms with van der Waals surface area (Å²) in [5.41, 5.74) is -3.65. The molecule has 0 aromatic heterocycles. The summed E-state index contributed by atoms with van der Waals surface area (Å²) >= 11 is 0. The number of fused-ring (bicyclic) bond motifs is 2. The average molecular weight is 549 g/mol. The van der Waals surface area contributed by atoms with Gasteiger partial charge in [0.25, 0.3) is 0 Å². The van der Waals surface area contributed by atoms with E-state index in [-0.39, 0.29) is 18.9 Å². The van der Waals surface area contributed by atoms with Gasteiger partial charge in [0.15, 0.2) is 5.78 Å². The molecule has 0 aromatic carbocycles. The first-order valence-electron chi connectivity index (χ1n) is 13.3. The average Bonchev–Trinajstić information content (AvgIpc) is 3.18. The van der Waals surface area contributed by atoms with Crippen molar-refractivity contribution in [1.29, 1.82) is 0 Å². The fourth-order valence-corrected chi connectivity index (χ4v) is 8.32. The minimum atomic E-state index is -2.26. The van der Waals surface area contributed by atoms with Crippen LogP contribution in [0, 0.1) is 34.5 Å². The van der Waals surface area contributed by atoms with Crippen molar-refractivity contribution in [2.45, 2.75) is 77.2 Å². The van der Waals surface area contributed by atoms with Crippen LogP contribution in [0.1, 0.15) is 41.0 Å². The summed E-state index contributed by atoms with van der Waals surface area (Å²) in [4.78, 5) is 52.7. The lowest BCUT2D eigenvalue weighted by molar-refractivity contribution is -0.297. The van der Waals surface area contributed by atoms with Crippen molar-refractivity contribution in [3.05, 3.63) is 23.3 Å². The Morgan fingerprint density at radius 3 is 2.46 bits per heavy atom. The Kier molecular flexibility index (Phi) is 6.42. The third-order valence-electron chi connectivity index (χ3n) is 10.3. The van der Waals surface area contributed by atoms with Gasteiger partial charge in [-0.05, 0) is 38.2 Å². The van der Waals surface area contributed by atoms with Crippen LogP contribution >= 0.6 is 0 Å². The molecule has 2 saturated carbocycles. The van der Waals surface area contributed by atoms with Crippen LogP contribution in [0.3, 0.4) is 0 Å². The first-order chi connectivity index (χ1) is 18.2. The Balaban J connectivity index is 1.72. The van der Waals surface area contributed by atoms with E-state index in [1.807, 2.05) is 13.8 Å². The molecule has 11 atom stereocenters. The van der Waals surface area contributed by atoms with Gasteiger partial charge < -0.3 is 34.3 Å². The van der Waals surface area contributed by atoms with E-state index in [9.17, 15) is 34.5 Å². The van der Waals surface area contributed by atoms with Gasteiger partial charge in [-0.15, -0.1) is 0 Å². The Morgan fingerprint density at radius 2 is 1.85 bits per heavy atom. The SMILES string of the molecule is COC(=O)C12OCC34C(CC5C(C)=CC(=O)C(O)C5(C)C3C(O)C1O)OC(=O)C(OC(=O)C=C(C)C(C)C)C24. The van der Waals surface area contributed by atoms with Crippen molar-refractivity contribution >= 4 is 23.7 Å². The van der Waals surface area contributed by atoms with Gasteiger partial charge in [-0.1, -0.05) is 31.9 Å². The van der Waals surface area contributed by atoms with Crippen LogP contribution in [-0.2, 0) is 38.1 Å². The molecule has 11 unspecified atom stereocenters. The lowest BCUT2D eigenvalue weighted by Crippen LogP contribution is -2.80. The topological polar surface area (TPSA) is 166 Å². The largest absolute Gasteiger partial charge is 0.467 e. The van der Waals surface area contributed by atoms with Gasteiger partial charge in [-0.25, -0.2) is 14.4 Å². The van der Waals surface area contributed by atoms with Gasteiger partial charge in [-0.2, -0.15) is 0 Å². The summed E-state index contributed by atoms with van der Waals surface area (Å²) in [7, 11) is 1.08. The molecule has 0 radical (unpaired) electrons. The van der Waals surface area contributed by atoms with Crippen molar-refractivity contribution in [1.82, 2.24) is 0 Å². The van der Waals surface area contributed by atoms with Crippen LogP contribution in [0.15, 0.2) is 23.3 Å². The summed E-state index contributed by atoms with van der Waals surface area (Å²) in [6.07, 6.45) is -5.02. The van der Waals surface area contributed by atoms with E-state index in [2.05, 4.69) is 0 Å². The predicted molar refractivity (Wildman–Crippen MR) is 131 cm³/mol. The van der Waals surface area contributed by atoms with Crippen LogP contribution in [0.5, 0.6) is 0 Å². The Morgan fingerprint density at radius 1 is 1.18 bits per heavy atom. The summed E-state index contributed by atoms with van der Waals surface area (Å²) in [6, 6.07) is 0. The Hall–Kier alpha value is -2.60. The van der Waals surface area contributed by atoms with Crippen molar-refractivity contribution < 1.29 is 53.4 Å². The number of esters is 3. The zero-order chi connectivity index (χ0) is 28.8. The van der Waals surface area contributed by atoms with Gasteiger partial charge in [0.2, 0.25) is 11.7 Å². The van der Waals surface area contributed by atoms with Crippen molar-refractivity contribution in [3.63, 3.8) is 0 Å². The molecule has 4 fully saturated rings. The van der Waals surface area contributed by atoms with E-state index in [0.717, 1.165) is 7.11 Å². The van der Waals surface area contributed by atoms with Gasteiger partial charge in [0.1, 0.15) is 18.3 Å². The molecule has 11 heteroatoms. The first-order valence-corrected chi connectivity index (χ1v) is 13.3. The highest BCUT2D eigenvalue weighted by molar-refractivity contribution is 5.96. The fraction of sp³-hybridized carbons (Fsp3) is 0.714. The highest BCUT2D eigenvalue weighted by Gasteiger charge is 2.85. The van der Waals surface area contributed by atoms with Crippen LogP contribution in [0.2, 0.25) is 0 Å². The smallest absolute Gasteiger partial charge is 0.348 e. The number of aliphatic hydroxyl groups is 3. The molecule has 0 aromatic rings. The van der Waals surface area contributed by atoms with E-state index in [4.69, 9.17) is 18.9 Å². The maximum atomic E-state index is 13.5. The highest BCUT2D eigenvalue weighted by atomic mass is 16.6. The minimum absolute atomic E-state index is 0.0210. The lowest BCUT2D eigenvalue weighted by atomic mass is 9.38. The first kappa shape index (κ1) is 27.9. The number of hydrogen-bond acceptors (Lipinski definition) is 11. The molecule has 5 aliphatic rings. The van der Waals surface area contributed by atoms with Crippen LogP contribution < -0.4 is 0 Å². The molecule has 2 aliphatic heterocycles. The second-order valence-corrected chi connectivity index (χ2v) is 12.3. The Bertz CT molecular complexity index is 1190. The summed E-state index contributed by atoms with van der Waals surface area (Å²) in [5.74, 6) is -6.23. The zero-order valence-corrected chi connectivity index (χ0v) is 22.9. The van der Waals surface area contributed by atoms with E-state index in [1.165, 1.54) is 12.2 Å². The highest BCUT2D eigenvalue weighted by Crippen LogP contribution is 2.72. The van der Waals surface area contributed by atoms with E-state index in [1.54, 1.807) is 20.8 Å². The van der Waals surface area contributed by atoms with E-state index in [0.29, 0.717) is 11.1 Å². The quantitative estimate of drug-likeness (QED) is 0.250. The molecule has 1 spiro atoms. The number of allylic oxidation sites excluding steroid dienone is 2. The third-order valence-corrected chi connectivity index (χ3v) is 10.3. The second-order valence-electron chi connectivity index (χ2n) is 12.3. The number of aliphatic hydroxyl groups excluding tert-OH is 3. The number of methoxy groups -OCH3 is 1. The molecule has 11 nitrogen and oxygen atoms in total. The van der Waals surface area contributed by atoms with Crippen LogP contribution in [0.4, 0.5) is 0 Å². The maximum Gasteiger partial charge on any atom is 0.348 e. The van der Waals surface area contributed by atoms with Crippen molar-refractivity contribution in [3.8, 4) is 0 Å². The molecular weight excluding hydrogens is 512 g/mol. The van der Waals surface area contributed by atoms with Crippen LogP contribution in [0.25, 0.3) is 0 Å². The fourth-order valence-electron chi connectivity index (χ4n) is 8.32.